The van der Waals surface area contributed by atoms with Gasteiger partial charge in [-0.25, -0.2) is 4.68 Å². The summed E-state index contributed by atoms with van der Waals surface area (Å²) in [5, 5.41) is 18.3. The molecule has 1 unspecified atom stereocenters. The monoisotopic (exact) mass is 315 g/mol. The van der Waals surface area contributed by atoms with E-state index in [9.17, 15) is 14.9 Å². The van der Waals surface area contributed by atoms with Crippen molar-refractivity contribution in [2.24, 2.45) is 0 Å². The Hall–Kier alpha value is -2.74. The zero-order valence-electron chi connectivity index (χ0n) is 12.7. The first-order valence-electron chi connectivity index (χ1n) is 7.38. The number of aromatic nitrogens is 2. The summed E-state index contributed by atoms with van der Waals surface area (Å²) in [5.41, 5.74) is 1.06. The van der Waals surface area contributed by atoms with Crippen molar-refractivity contribution in [2.45, 2.75) is 13.0 Å². The van der Waals surface area contributed by atoms with E-state index in [1.165, 1.54) is 12.1 Å². The van der Waals surface area contributed by atoms with Gasteiger partial charge in [0.1, 0.15) is 0 Å². The van der Waals surface area contributed by atoms with E-state index in [-0.39, 0.29) is 17.6 Å². The highest BCUT2D eigenvalue weighted by Crippen LogP contribution is 2.15. The molecule has 2 aromatic rings. The van der Waals surface area contributed by atoms with Gasteiger partial charge in [0.15, 0.2) is 5.69 Å². The van der Waals surface area contributed by atoms with Crippen molar-refractivity contribution in [3.63, 3.8) is 0 Å². The summed E-state index contributed by atoms with van der Waals surface area (Å²) in [7, 11) is 0. The van der Waals surface area contributed by atoms with Crippen molar-refractivity contribution in [1.82, 2.24) is 20.0 Å². The summed E-state index contributed by atoms with van der Waals surface area (Å²) in [4.78, 5) is 24.5. The van der Waals surface area contributed by atoms with Gasteiger partial charge in [0.05, 0.1) is 10.6 Å². The molecule has 1 amide bonds. The molecule has 1 aliphatic rings. The highest BCUT2D eigenvalue weighted by atomic mass is 16.6. The molecule has 0 saturated carbocycles. The Morgan fingerprint density at radius 2 is 2.09 bits per heavy atom. The van der Waals surface area contributed by atoms with Crippen molar-refractivity contribution in [2.75, 3.05) is 19.6 Å². The average Bonchev–Trinajstić information content (AvgIpc) is 3.04. The van der Waals surface area contributed by atoms with Gasteiger partial charge in [-0.3, -0.25) is 14.9 Å². The molecule has 1 aromatic heterocycles. The van der Waals surface area contributed by atoms with Gasteiger partial charge in [0, 0.05) is 44.0 Å². The second-order valence-electron chi connectivity index (χ2n) is 5.53. The van der Waals surface area contributed by atoms with Gasteiger partial charge in [0.2, 0.25) is 0 Å². The van der Waals surface area contributed by atoms with Crippen LogP contribution in [0, 0.1) is 10.1 Å². The lowest BCUT2D eigenvalue weighted by atomic mass is 10.2. The summed E-state index contributed by atoms with van der Waals surface area (Å²) >= 11 is 0. The van der Waals surface area contributed by atoms with E-state index in [0.717, 1.165) is 6.54 Å². The zero-order valence-corrected chi connectivity index (χ0v) is 12.7. The highest BCUT2D eigenvalue weighted by molar-refractivity contribution is 5.92. The van der Waals surface area contributed by atoms with Gasteiger partial charge in [-0.1, -0.05) is 0 Å². The quantitative estimate of drug-likeness (QED) is 0.679. The lowest BCUT2D eigenvalue weighted by Crippen LogP contribution is -2.51. The molecular formula is C15H17N5O3. The number of carbonyl (C=O) groups excluding carboxylic acids is 1. The molecule has 1 aliphatic heterocycles. The normalized spacial score (nSPS) is 18.0. The zero-order chi connectivity index (χ0) is 16.4. The summed E-state index contributed by atoms with van der Waals surface area (Å²) in [6.45, 7) is 4.13. The van der Waals surface area contributed by atoms with E-state index in [0.29, 0.717) is 24.5 Å². The van der Waals surface area contributed by atoms with Crippen molar-refractivity contribution in [1.29, 1.82) is 0 Å². The number of nitro benzene ring substituents is 1. The summed E-state index contributed by atoms with van der Waals surface area (Å²) in [6, 6.07) is 7.96. The highest BCUT2D eigenvalue weighted by Gasteiger charge is 2.23. The molecule has 1 atom stereocenters. The number of nitrogens with zero attached hydrogens (tertiary/aromatic N) is 4. The number of carbonyl (C=O) groups is 1. The molecule has 8 heteroatoms. The minimum Gasteiger partial charge on any atom is -0.334 e. The van der Waals surface area contributed by atoms with E-state index in [2.05, 4.69) is 10.4 Å². The van der Waals surface area contributed by atoms with Gasteiger partial charge in [0.25, 0.3) is 11.6 Å². The Labute approximate surface area is 132 Å². The van der Waals surface area contributed by atoms with Crippen LogP contribution in [0.15, 0.2) is 36.5 Å². The number of amides is 1. The minimum atomic E-state index is -0.451. The standard InChI is InChI=1S/C15H17N5O3/c1-11-10-18(9-7-16-11)15(21)14-6-8-19(17-14)12-2-4-13(5-3-12)20(22)23/h2-6,8,11,16H,7,9-10H2,1H3. The molecule has 1 aromatic carbocycles. The van der Waals surface area contributed by atoms with Gasteiger partial charge >= 0.3 is 0 Å². The fourth-order valence-electron chi connectivity index (χ4n) is 2.59. The molecule has 2 heterocycles. The third-order valence-electron chi connectivity index (χ3n) is 3.79. The minimum absolute atomic E-state index is 0.0204. The molecule has 23 heavy (non-hydrogen) atoms. The average molecular weight is 315 g/mol. The van der Waals surface area contributed by atoms with Crippen LogP contribution >= 0.6 is 0 Å². The summed E-state index contributed by atoms with van der Waals surface area (Å²) in [5.74, 6) is -0.0981. The number of non-ortho nitro benzene ring substituents is 1. The van der Waals surface area contributed by atoms with Gasteiger partial charge in [-0.2, -0.15) is 5.10 Å². The molecular weight excluding hydrogens is 298 g/mol. The maximum absolute atomic E-state index is 12.5. The summed E-state index contributed by atoms with van der Waals surface area (Å²) in [6.07, 6.45) is 1.68. The SMILES string of the molecule is CC1CN(C(=O)c2ccn(-c3ccc([N+](=O)[O-])cc3)n2)CCN1. The maximum Gasteiger partial charge on any atom is 0.274 e. The second kappa shape index (κ2) is 6.17. The second-order valence-corrected chi connectivity index (χ2v) is 5.53. The van der Waals surface area contributed by atoms with Gasteiger partial charge in [-0.05, 0) is 25.1 Å². The van der Waals surface area contributed by atoms with Crippen molar-refractivity contribution in [3.8, 4) is 5.69 Å². The largest absolute Gasteiger partial charge is 0.334 e. The number of hydrogen-bond acceptors (Lipinski definition) is 5. The van der Waals surface area contributed by atoms with E-state index in [1.54, 1.807) is 34.0 Å². The van der Waals surface area contributed by atoms with Crippen LogP contribution in [0.4, 0.5) is 5.69 Å². The maximum atomic E-state index is 12.5. The first-order valence-corrected chi connectivity index (χ1v) is 7.38. The van der Waals surface area contributed by atoms with Crippen LogP contribution in [0.3, 0.4) is 0 Å². The van der Waals surface area contributed by atoms with Crippen molar-refractivity contribution < 1.29 is 9.72 Å². The molecule has 0 spiro atoms. The first kappa shape index (κ1) is 15.2. The predicted octanol–water partition coefficient (Wildman–Crippen LogP) is 1.21. The lowest BCUT2D eigenvalue weighted by Gasteiger charge is -2.31. The Morgan fingerprint density at radius 1 is 1.35 bits per heavy atom. The van der Waals surface area contributed by atoms with Crippen LogP contribution in [0.2, 0.25) is 0 Å². The first-order chi connectivity index (χ1) is 11.0. The van der Waals surface area contributed by atoms with Gasteiger partial charge < -0.3 is 10.2 Å². The van der Waals surface area contributed by atoms with Crippen molar-refractivity contribution >= 4 is 11.6 Å². The van der Waals surface area contributed by atoms with E-state index in [1.807, 2.05) is 6.92 Å². The van der Waals surface area contributed by atoms with Crippen LogP contribution in [0.25, 0.3) is 5.69 Å². The molecule has 3 rings (SSSR count). The van der Waals surface area contributed by atoms with Crippen molar-refractivity contribution in [3.05, 3.63) is 52.3 Å². The van der Waals surface area contributed by atoms with Crippen LogP contribution in [-0.4, -0.2) is 51.2 Å². The number of benzene rings is 1. The Balaban J connectivity index is 1.77. The third-order valence-corrected chi connectivity index (χ3v) is 3.79. The smallest absolute Gasteiger partial charge is 0.274 e. The number of nitro groups is 1. The number of nitrogens with one attached hydrogen (secondary N) is 1. The Kier molecular flexibility index (Phi) is 4.07. The van der Waals surface area contributed by atoms with E-state index < -0.39 is 4.92 Å². The topological polar surface area (TPSA) is 93.3 Å². The Morgan fingerprint density at radius 3 is 2.74 bits per heavy atom. The lowest BCUT2D eigenvalue weighted by molar-refractivity contribution is -0.384. The molecule has 0 aliphatic carbocycles. The molecule has 8 nitrogen and oxygen atoms in total. The number of piperazine rings is 1. The van der Waals surface area contributed by atoms with Gasteiger partial charge in [-0.15, -0.1) is 0 Å². The molecule has 120 valence electrons. The fourth-order valence-corrected chi connectivity index (χ4v) is 2.59. The van der Waals surface area contributed by atoms with Crippen LogP contribution in [-0.2, 0) is 0 Å². The van der Waals surface area contributed by atoms with E-state index in [4.69, 9.17) is 0 Å². The van der Waals surface area contributed by atoms with Crippen LogP contribution in [0.1, 0.15) is 17.4 Å². The number of hydrogen-bond donors (Lipinski definition) is 1. The fraction of sp³-hybridized carbons (Fsp3) is 0.333. The van der Waals surface area contributed by atoms with E-state index >= 15 is 0 Å². The predicted molar refractivity (Wildman–Crippen MR) is 83.6 cm³/mol. The van der Waals surface area contributed by atoms with Crippen LogP contribution in [0.5, 0.6) is 0 Å². The molecule has 1 N–H and O–H groups in total. The molecule has 1 fully saturated rings. The molecule has 1 saturated heterocycles. The molecule has 0 radical (unpaired) electrons. The third kappa shape index (κ3) is 3.21. The number of rotatable bonds is 3. The Bertz CT molecular complexity index is 725. The molecule has 0 bridgehead atoms. The summed E-state index contributed by atoms with van der Waals surface area (Å²) < 4.78 is 1.54. The van der Waals surface area contributed by atoms with Crippen LogP contribution < -0.4 is 5.32 Å².